The molecule has 13 nitrogen and oxygen atoms in total. The number of benzene rings is 1. The van der Waals surface area contributed by atoms with Crippen molar-refractivity contribution in [2.24, 2.45) is 17.6 Å². The largest absolute Gasteiger partial charge is 0.508 e. The van der Waals surface area contributed by atoms with E-state index in [1.54, 1.807) is 0 Å². The molecule has 0 bridgehead atoms. The van der Waals surface area contributed by atoms with Gasteiger partial charge in [-0.1, -0.05) is 11.6 Å². The topological polar surface area (TPSA) is 203 Å². The first-order valence-electron chi connectivity index (χ1n) is 11.5. The maximum absolute atomic E-state index is 13.8. The van der Waals surface area contributed by atoms with Gasteiger partial charge in [0.1, 0.15) is 22.8 Å². The minimum absolute atomic E-state index is 0.0562. The highest BCUT2D eigenvalue weighted by Gasteiger charge is 2.64. The fourth-order valence-electron chi connectivity index (χ4n) is 5.67. The number of aliphatic hydroxyl groups is 3. The number of carbonyl (C=O) groups excluding carboxylic acids is 4. The minimum Gasteiger partial charge on any atom is -0.508 e. The van der Waals surface area contributed by atoms with Gasteiger partial charge in [0.05, 0.1) is 16.6 Å². The minimum atomic E-state index is -2.75. The van der Waals surface area contributed by atoms with E-state index in [4.69, 9.17) is 22.2 Å². The fraction of sp³-hybridized carbons (Fsp3) is 0.417. The first-order valence-corrected chi connectivity index (χ1v) is 11.9. The predicted octanol–water partition coefficient (Wildman–Crippen LogP) is 0.643. The summed E-state index contributed by atoms with van der Waals surface area (Å²) in [6.45, 7) is 0. The number of phenolic OH excluding ortho intramolecular Hbond substituents is 1. The summed E-state index contributed by atoms with van der Waals surface area (Å²) in [4.78, 5) is 57.3. The van der Waals surface area contributed by atoms with E-state index in [-0.39, 0.29) is 34.7 Å². The van der Waals surface area contributed by atoms with Gasteiger partial charge < -0.3 is 31.0 Å². The number of carbonyl (C=O) groups is 4. The number of halogens is 1. The molecule has 2 amide bonds. The molecule has 0 saturated heterocycles. The van der Waals surface area contributed by atoms with Crippen LogP contribution in [-0.2, 0) is 25.6 Å². The number of hydroxylamine groups is 2. The number of nitrogens with two attached hydrogens (primary N) is 1. The van der Waals surface area contributed by atoms with E-state index >= 15 is 0 Å². The summed E-state index contributed by atoms with van der Waals surface area (Å²) in [7, 11) is 5.93. The molecule has 204 valence electrons. The van der Waals surface area contributed by atoms with Gasteiger partial charge in [-0.3, -0.25) is 24.6 Å². The fourth-order valence-corrected chi connectivity index (χ4v) is 5.94. The molecule has 38 heavy (non-hydrogen) atoms. The number of phenols is 1. The van der Waals surface area contributed by atoms with E-state index in [2.05, 4.69) is 5.32 Å². The van der Waals surface area contributed by atoms with Gasteiger partial charge in [0, 0.05) is 25.6 Å². The standard InChI is InChI=1S/C24H27ClN4O9/c1-28(2)16-10-6-8-5-9-7-11(25)15(27-23(36)38-29(3)4)18(31)12(9)17(30)13(8)20(33)24(10,37)21(34)14(19(16)32)22(26)35/h7-8,10,16,30-31,34,37H,5-6H2,1-4H3,(H2,26,35)(H,27,36)/t8?,10?,16-,24?/m0/s1. The van der Waals surface area contributed by atoms with Crippen LogP contribution in [-0.4, -0.2) is 93.8 Å². The van der Waals surface area contributed by atoms with Crippen LogP contribution in [0.3, 0.4) is 0 Å². The molecule has 7 N–H and O–H groups in total. The van der Waals surface area contributed by atoms with Gasteiger partial charge in [-0.15, -0.1) is 5.06 Å². The summed E-state index contributed by atoms with van der Waals surface area (Å²) in [6, 6.07) is 0.219. The summed E-state index contributed by atoms with van der Waals surface area (Å²) in [5.74, 6) is -7.78. The van der Waals surface area contributed by atoms with Gasteiger partial charge in [0.25, 0.3) is 5.91 Å². The highest BCUT2D eigenvalue weighted by atomic mass is 35.5. The molecule has 4 rings (SSSR count). The summed E-state index contributed by atoms with van der Waals surface area (Å²) in [5.41, 5.74) is 1.17. The number of anilines is 1. The second kappa shape index (κ2) is 9.27. The van der Waals surface area contributed by atoms with Gasteiger partial charge in [-0.25, -0.2) is 4.79 Å². The lowest BCUT2D eigenvalue weighted by Gasteiger charge is -2.50. The van der Waals surface area contributed by atoms with Gasteiger partial charge in [-0.05, 0) is 44.5 Å². The summed E-state index contributed by atoms with van der Waals surface area (Å²) >= 11 is 6.30. The number of Topliss-reactive ketones (excluding diaryl/α,β-unsaturated/α-hetero) is 2. The molecule has 1 saturated carbocycles. The monoisotopic (exact) mass is 550 g/mol. The van der Waals surface area contributed by atoms with Crippen molar-refractivity contribution in [3.63, 3.8) is 0 Å². The molecule has 1 aromatic carbocycles. The Labute approximate surface area is 221 Å². The zero-order chi connectivity index (χ0) is 28.4. The van der Waals surface area contributed by atoms with Gasteiger partial charge in [-0.2, -0.15) is 0 Å². The number of ketones is 2. The van der Waals surface area contributed by atoms with Crippen LogP contribution in [0.15, 0.2) is 23.0 Å². The summed E-state index contributed by atoms with van der Waals surface area (Å²) in [5, 5.41) is 47.9. The van der Waals surface area contributed by atoms with E-state index in [0.717, 1.165) is 5.06 Å². The van der Waals surface area contributed by atoms with E-state index in [0.29, 0.717) is 5.56 Å². The summed E-state index contributed by atoms with van der Waals surface area (Å²) in [6.07, 6.45) is -0.988. The molecule has 3 unspecified atom stereocenters. The van der Waals surface area contributed by atoms with Crippen LogP contribution >= 0.6 is 11.6 Å². The number of aromatic hydroxyl groups is 1. The third-order valence-corrected chi connectivity index (χ3v) is 7.45. The van der Waals surface area contributed by atoms with Crippen molar-refractivity contribution < 1.29 is 44.4 Å². The van der Waals surface area contributed by atoms with Gasteiger partial charge in [0.15, 0.2) is 17.1 Å². The number of amides is 2. The number of aliphatic hydroxyl groups excluding tert-OH is 2. The van der Waals surface area contributed by atoms with Crippen molar-refractivity contribution >= 4 is 46.6 Å². The van der Waals surface area contributed by atoms with E-state index in [9.17, 15) is 39.6 Å². The van der Waals surface area contributed by atoms with Crippen LogP contribution in [0.4, 0.5) is 10.5 Å². The Hall–Kier alpha value is -3.65. The number of primary amides is 1. The smallest absolute Gasteiger partial charge is 0.430 e. The molecule has 4 atom stereocenters. The highest BCUT2D eigenvalue weighted by molar-refractivity contribution is 6.34. The molecule has 0 aliphatic heterocycles. The molecule has 0 aromatic heterocycles. The highest BCUT2D eigenvalue weighted by Crippen LogP contribution is 2.54. The number of hydrogen-bond acceptors (Lipinski definition) is 11. The lowest BCUT2D eigenvalue weighted by Crippen LogP contribution is -2.65. The Balaban J connectivity index is 1.89. The quantitative estimate of drug-likeness (QED) is 0.174. The normalized spacial score (nSPS) is 26.8. The molecular weight excluding hydrogens is 524 g/mol. The number of rotatable bonds is 4. The third kappa shape index (κ3) is 3.89. The number of nitrogens with one attached hydrogen (secondary N) is 1. The van der Waals surface area contributed by atoms with Crippen molar-refractivity contribution in [1.29, 1.82) is 0 Å². The van der Waals surface area contributed by atoms with Crippen molar-refractivity contribution in [2.75, 3.05) is 33.5 Å². The van der Waals surface area contributed by atoms with Crippen LogP contribution in [0.25, 0.3) is 5.76 Å². The average Bonchev–Trinajstić information content (AvgIpc) is 2.78. The Morgan fingerprint density at radius 1 is 1.18 bits per heavy atom. The lowest BCUT2D eigenvalue weighted by atomic mass is 9.57. The van der Waals surface area contributed by atoms with Crippen LogP contribution < -0.4 is 11.1 Å². The lowest BCUT2D eigenvalue weighted by molar-refractivity contribution is -0.153. The first-order chi connectivity index (χ1) is 17.6. The molecular formula is C24H27ClN4O9. The third-order valence-electron chi connectivity index (χ3n) is 7.16. The van der Waals surface area contributed by atoms with E-state index < -0.39 is 69.9 Å². The van der Waals surface area contributed by atoms with Crippen molar-refractivity contribution in [2.45, 2.75) is 24.5 Å². The Morgan fingerprint density at radius 2 is 1.82 bits per heavy atom. The predicted molar refractivity (Wildman–Crippen MR) is 133 cm³/mol. The molecule has 1 aromatic rings. The zero-order valence-electron chi connectivity index (χ0n) is 20.9. The van der Waals surface area contributed by atoms with Crippen molar-refractivity contribution in [3.8, 4) is 5.75 Å². The van der Waals surface area contributed by atoms with Crippen LogP contribution in [0.1, 0.15) is 17.5 Å². The molecule has 1 fully saturated rings. The molecule has 3 aliphatic rings. The van der Waals surface area contributed by atoms with Gasteiger partial charge >= 0.3 is 6.09 Å². The number of hydrogen-bond donors (Lipinski definition) is 6. The molecule has 3 aliphatic carbocycles. The average molecular weight is 551 g/mol. The first kappa shape index (κ1) is 27.4. The van der Waals surface area contributed by atoms with Crippen LogP contribution in [0.2, 0.25) is 5.02 Å². The molecule has 0 spiro atoms. The molecule has 14 heteroatoms. The Morgan fingerprint density at radius 3 is 2.37 bits per heavy atom. The zero-order valence-corrected chi connectivity index (χ0v) is 21.7. The molecule has 0 heterocycles. The maximum atomic E-state index is 13.8. The van der Waals surface area contributed by atoms with E-state index in [1.807, 2.05) is 0 Å². The van der Waals surface area contributed by atoms with Gasteiger partial charge in [0.2, 0.25) is 5.78 Å². The Kier molecular flexibility index (Phi) is 6.68. The SMILES string of the molecule is CN(C)OC(=O)Nc1c(Cl)cc2c(c1O)C(O)=C1C(=O)C3(O)C(O)=C(C(N)=O)C(=O)[C@@H](N(C)C)C3CC1C2. The number of likely N-dealkylation sites (N-methyl/N-ethyl adjacent to an activating group) is 1. The number of fused-ring (bicyclic) bond motifs is 3. The van der Waals surface area contributed by atoms with Crippen molar-refractivity contribution in [1.82, 2.24) is 9.96 Å². The second-order valence-electron chi connectivity index (χ2n) is 9.89. The second-order valence-corrected chi connectivity index (χ2v) is 10.3. The number of nitrogens with zero attached hydrogens (tertiary/aromatic N) is 2. The summed E-state index contributed by atoms with van der Waals surface area (Å²) < 4.78 is 0. The molecule has 0 radical (unpaired) electrons. The van der Waals surface area contributed by atoms with Crippen LogP contribution in [0.5, 0.6) is 5.75 Å². The maximum Gasteiger partial charge on any atom is 0.430 e. The van der Waals surface area contributed by atoms with Crippen LogP contribution in [0, 0.1) is 11.8 Å². The van der Waals surface area contributed by atoms with Crippen molar-refractivity contribution in [3.05, 3.63) is 39.1 Å². The Bertz CT molecular complexity index is 1350. The van der Waals surface area contributed by atoms with E-state index in [1.165, 1.54) is 39.2 Å².